The number of ether oxygens (including phenoxy) is 1. The zero-order chi connectivity index (χ0) is 23.3. The van der Waals surface area contributed by atoms with Gasteiger partial charge in [0.2, 0.25) is 0 Å². The van der Waals surface area contributed by atoms with Crippen LogP contribution in [0, 0.1) is 5.82 Å². The van der Waals surface area contributed by atoms with E-state index in [0.717, 1.165) is 66.4 Å². The minimum Gasteiger partial charge on any atom is -0.379 e. The highest BCUT2D eigenvalue weighted by atomic mass is 35.5. The van der Waals surface area contributed by atoms with Crippen LogP contribution in [-0.4, -0.2) is 57.7 Å². The van der Waals surface area contributed by atoms with Gasteiger partial charge in [0.05, 0.1) is 19.0 Å². The van der Waals surface area contributed by atoms with Crippen LogP contribution < -0.4 is 0 Å². The average molecular weight is 500 g/mol. The lowest BCUT2D eigenvalue weighted by molar-refractivity contribution is 0.0361. The van der Waals surface area contributed by atoms with E-state index < -0.39 is 0 Å². The van der Waals surface area contributed by atoms with Gasteiger partial charge in [0, 0.05) is 48.4 Å². The monoisotopic (exact) mass is 499 g/mol. The Morgan fingerprint density at radius 2 is 1.68 bits per heavy atom. The molecule has 0 saturated carbocycles. The topological polar surface area (TPSA) is 69.2 Å². The molecule has 0 bridgehead atoms. The number of aromatic nitrogens is 4. The molecule has 176 valence electrons. The average Bonchev–Trinajstić information content (AvgIpc) is 3.50. The van der Waals surface area contributed by atoms with Gasteiger partial charge in [-0.25, -0.2) is 4.39 Å². The Labute approximate surface area is 205 Å². The van der Waals surface area contributed by atoms with Gasteiger partial charge >= 0.3 is 0 Å². The second-order valence-electron chi connectivity index (χ2n) is 7.89. The molecular weight excluding hydrogens is 477 g/mol. The normalized spacial score (nSPS) is 14.5. The number of nitrogens with zero attached hydrogens (tertiary/aromatic N) is 5. The van der Waals surface area contributed by atoms with Crippen molar-refractivity contribution in [1.29, 1.82) is 0 Å². The van der Waals surface area contributed by atoms with Crippen molar-refractivity contribution in [2.24, 2.45) is 0 Å². The summed E-state index contributed by atoms with van der Waals surface area (Å²) in [5.41, 5.74) is 2.53. The molecule has 7 nitrogen and oxygen atoms in total. The minimum atomic E-state index is -0.278. The minimum absolute atomic E-state index is 0.278. The van der Waals surface area contributed by atoms with Crippen LogP contribution in [0.4, 0.5) is 4.39 Å². The zero-order valence-electron chi connectivity index (χ0n) is 18.4. The molecule has 0 amide bonds. The van der Waals surface area contributed by atoms with Gasteiger partial charge < -0.3 is 13.8 Å². The highest BCUT2D eigenvalue weighted by Gasteiger charge is 2.18. The molecule has 10 heteroatoms. The fourth-order valence-corrected chi connectivity index (χ4v) is 4.71. The molecule has 34 heavy (non-hydrogen) atoms. The van der Waals surface area contributed by atoms with Crippen LogP contribution in [-0.2, 0) is 17.0 Å². The van der Waals surface area contributed by atoms with E-state index in [1.54, 1.807) is 12.1 Å². The van der Waals surface area contributed by atoms with E-state index in [1.165, 1.54) is 23.9 Å². The fourth-order valence-electron chi connectivity index (χ4n) is 3.75. The van der Waals surface area contributed by atoms with E-state index in [1.807, 2.05) is 30.3 Å². The van der Waals surface area contributed by atoms with Crippen molar-refractivity contribution in [1.82, 2.24) is 24.8 Å². The number of morpholine rings is 1. The first kappa shape index (κ1) is 23.0. The molecule has 0 unspecified atom stereocenters. The summed E-state index contributed by atoms with van der Waals surface area (Å²) in [6.45, 7) is 4.87. The maximum atomic E-state index is 13.5. The molecule has 2 aromatic carbocycles. The number of rotatable bonds is 8. The molecule has 2 aromatic heterocycles. The molecule has 0 N–H and O–H groups in total. The summed E-state index contributed by atoms with van der Waals surface area (Å²) in [7, 11) is 0. The number of halogens is 2. The molecule has 0 aliphatic carbocycles. The molecular formula is C24H23ClFN5O2S. The summed E-state index contributed by atoms with van der Waals surface area (Å²) < 4.78 is 26.6. The van der Waals surface area contributed by atoms with E-state index in [4.69, 9.17) is 20.9 Å². The Morgan fingerprint density at radius 1 is 0.941 bits per heavy atom. The van der Waals surface area contributed by atoms with Crippen LogP contribution in [0.25, 0.3) is 22.6 Å². The fraction of sp³-hybridized carbons (Fsp3) is 0.292. The first-order valence-electron chi connectivity index (χ1n) is 11.0. The predicted octanol–water partition coefficient (Wildman–Crippen LogP) is 5.02. The Balaban J connectivity index is 1.33. The van der Waals surface area contributed by atoms with E-state index in [2.05, 4.69) is 24.8 Å². The summed E-state index contributed by atoms with van der Waals surface area (Å²) in [6.07, 6.45) is 0. The summed E-state index contributed by atoms with van der Waals surface area (Å²) in [4.78, 5) is 2.36. The first-order chi connectivity index (χ1) is 16.7. The number of hydrogen-bond donors (Lipinski definition) is 0. The van der Waals surface area contributed by atoms with Crippen LogP contribution in [0.15, 0.2) is 64.3 Å². The molecule has 0 radical (unpaired) electrons. The Kier molecular flexibility index (Phi) is 7.24. The molecule has 1 fully saturated rings. The van der Waals surface area contributed by atoms with Crippen LogP contribution in [0.2, 0.25) is 5.02 Å². The molecule has 0 atom stereocenters. The molecule has 3 heterocycles. The molecule has 0 spiro atoms. The molecule has 4 aromatic rings. The third kappa shape index (κ3) is 5.50. The van der Waals surface area contributed by atoms with Crippen molar-refractivity contribution in [3.8, 4) is 22.6 Å². The van der Waals surface area contributed by atoms with Crippen LogP contribution in [0.1, 0.15) is 5.76 Å². The summed E-state index contributed by atoms with van der Waals surface area (Å²) in [5.74, 6) is 1.73. The number of benzene rings is 2. The third-order valence-electron chi connectivity index (χ3n) is 5.61. The standard InChI is InChI=1S/C24H23ClFN5O2S/c25-19-5-1-17(2-6-19)22-15-21(33-29-22)16-34-24-28-27-23(18-3-7-20(26)8-4-18)31(24)10-9-30-11-13-32-14-12-30/h1-8,15H,9-14,16H2. The van der Waals surface area contributed by atoms with Crippen LogP contribution in [0.5, 0.6) is 0 Å². The van der Waals surface area contributed by atoms with Crippen LogP contribution >= 0.6 is 23.4 Å². The Morgan fingerprint density at radius 3 is 2.44 bits per heavy atom. The lowest BCUT2D eigenvalue weighted by Crippen LogP contribution is -2.38. The van der Waals surface area contributed by atoms with E-state index in [0.29, 0.717) is 17.3 Å². The lowest BCUT2D eigenvalue weighted by atomic mass is 10.1. The second kappa shape index (κ2) is 10.7. The van der Waals surface area contributed by atoms with E-state index >= 15 is 0 Å². The second-order valence-corrected chi connectivity index (χ2v) is 9.27. The van der Waals surface area contributed by atoms with Crippen molar-refractivity contribution in [3.05, 3.63) is 71.2 Å². The number of hydrogen-bond acceptors (Lipinski definition) is 7. The van der Waals surface area contributed by atoms with Gasteiger partial charge in [0.15, 0.2) is 11.0 Å². The van der Waals surface area contributed by atoms with Crippen molar-refractivity contribution in [2.45, 2.75) is 17.5 Å². The number of thioether (sulfide) groups is 1. The van der Waals surface area contributed by atoms with Gasteiger partial charge in [-0.05, 0) is 36.4 Å². The van der Waals surface area contributed by atoms with E-state index in [-0.39, 0.29) is 5.82 Å². The van der Waals surface area contributed by atoms with Crippen molar-refractivity contribution in [3.63, 3.8) is 0 Å². The van der Waals surface area contributed by atoms with Gasteiger partial charge in [-0.15, -0.1) is 10.2 Å². The van der Waals surface area contributed by atoms with Gasteiger partial charge in [0.25, 0.3) is 0 Å². The quantitative estimate of drug-likeness (QED) is 0.315. The maximum absolute atomic E-state index is 13.5. The summed E-state index contributed by atoms with van der Waals surface area (Å²) >= 11 is 7.51. The highest BCUT2D eigenvalue weighted by Crippen LogP contribution is 2.28. The summed E-state index contributed by atoms with van der Waals surface area (Å²) in [6, 6.07) is 15.7. The van der Waals surface area contributed by atoms with E-state index in [9.17, 15) is 4.39 Å². The maximum Gasteiger partial charge on any atom is 0.191 e. The van der Waals surface area contributed by atoms with Crippen molar-refractivity contribution >= 4 is 23.4 Å². The smallest absolute Gasteiger partial charge is 0.191 e. The molecule has 1 aliphatic heterocycles. The van der Waals surface area contributed by atoms with Crippen molar-refractivity contribution < 1.29 is 13.7 Å². The highest BCUT2D eigenvalue weighted by molar-refractivity contribution is 7.98. The van der Waals surface area contributed by atoms with Crippen LogP contribution in [0.3, 0.4) is 0 Å². The van der Waals surface area contributed by atoms with Gasteiger partial charge in [0.1, 0.15) is 17.3 Å². The van der Waals surface area contributed by atoms with Gasteiger partial charge in [-0.3, -0.25) is 4.90 Å². The zero-order valence-corrected chi connectivity index (χ0v) is 19.9. The molecule has 1 aliphatic rings. The summed E-state index contributed by atoms with van der Waals surface area (Å²) in [5, 5.41) is 14.5. The Hall–Kier alpha value is -2.72. The predicted molar refractivity (Wildman–Crippen MR) is 129 cm³/mol. The lowest BCUT2D eigenvalue weighted by Gasteiger charge is -2.27. The Bertz CT molecular complexity index is 1220. The van der Waals surface area contributed by atoms with Gasteiger partial charge in [-0.1, -0.05) is 40.7 Å². The largest absolute Gasteiger partial charge is 0.379 e. The van der Waals surface area contributed by atoms with Crippen molar-refractivity contribution in [2.75, 3.05) is 32.8 Å². The molecule has 1 saturated heterocycles. The SMILES string of the molecule is Fc1ccc(-c2nnc(SCc3cc(-c4ccc(Cl)cc4)no3)n2CCN2CCOCC2)cc1. The molecule has 5 rings (SSSR count). The third-order valence-corrected chi connectivity index (χ3v) is 6.85. The van der Waals surface area contributed by atoms with Gasteiger partial charge in [-0.2, -0.15) is 0 Å². The first-order valence-corrected chi connectivity index (χ1v) is 12.4.